The summed E-state index contributed by atoms with van der Waals surface area (Å²) in [6, 6.07) is 13.9. The van der Waals surface area contributed by atoms with Crippen molar-refractivity contribution in [3.8, 4) is 0 Å². The number of benzene rings is 1. The van der Waals surface area contributed by atoms with E-state index in [0.717, 1.165) is 54.7 Å². The maximum atomic E-state index is 12.1. The zero-order chi connectivity index (χ0) is 24.4. The molecule has 4 aromatic rings. The van der Waals surface area contributed by atoms with Crippen LogP contribution in [0, 0.1) is 0 Å². The SMILES string of the molecule is CN(c1ncccc1Cn1ncc2cnc(Nc3ccc(N4CCOCC4)cc3)cc21)S(C)(=O)=O. The lowest BCUT2D eigenvalue weighted by atomic mass is 10.2. The van der Waals surface area contributed by atoms with Crippen LogP contribution < -0.4 is 14.5 Å². The number of sulfonamides is 1. The van der Waals surface area contributed by atoms with E-state index in [2.05, 4.69) is 37.4 Å². The molecule has 1 aliphatic rings. The zero-order valence-corrected chi connectivity index (χ0v) is 20.4. The molecule has 5 rings (SSSR count). The van der Waals surface area contributed by atoms with Crippen LogP contribution >= 0.6 is 0 Å². The van der Waals surface area contributed by atoms with Crippen molar-refractivity contribution in [2.75, 3.05) is 54.1 Å². The number of rotatable bonds is 7. The summed E-state index contributed by atoms with van der Waals surface area (Å²) in [5.41, 5.74) is 3.73. The van der Waals surface area contributed by atoms with Gasteiger partial charge in [0.15, 0.2) is 0 Å². The van der Waals surface area contributed by atoms with Crippen LogP contribution in [0.2, 0.25) is 0 Å². The Morgan fingerprint density at radius 3 is 2.60 bits per heavy atom. The van der Waals surface area contributed by atoms with Gasteiger partial charge in [0.05, 0.1) is 37.7 Å². The lowest BCUT2D eigenvalue weighted by Gasteiger charge is -2.28. The lowest BCUT2D eigenvalue weighted by Crippen LogP contribution is -2.36. The van der Waals surface area contributed by atoms with E-state index in [4.69, 9.17) is 4.74 Å². The van der Waals surface area contributed by atoms with Gasteiger partial charge < -0.3 is 15.0 Å². The fourth-order valence-electron chi connectivity index (χ4n) is 4.05. The van der Waals surface area contributed by atoms with Crippen LogP contribution in [0.1, 0.15) is 5.56 Å². The van der Waals surface area contributed by atoms with Gasteiger partial charge in [0, 0.05) is 60.9 Å². The maximum Gasteiger partial charge on any atom is 0.233 e. The van der Waals surface area contributed by atoms with Gasteiger partial charge in [-0.25, -0.2) is 18.4 Å². The minimum atomic E-state index is -3.44. The molecule has 0 amide bonds. The van der Waals surface area contributed by atoms with Crippen LogP contribution in [0.3, 0.4) is 0 Å². The normalized spacial score (nSPS) is 14.3. The van der Waals surface area contributed by atoms with Gasteiger partial charge in [0.25, 0.3) is 0 Å². The topological polar surface area (TPSA) is 105 Å². The predicted octanol–water partition coefficient (Wildman–Crippen LogP) is 2.85. The summed E-state index contributed by atoms with van der Waals surface area (Å²) >= 11 is 0. The van der Waals surface area contributed by atoms with E-state index in [0.29, 0.717) is 18.2 Å². The molecule has 0 unspecified atom stereocenters. The smallest absolute Gasteiger partial charge is 0.233 e. The van der Waals surface area contributed by atoms with E-state index in [-0.39, 0.29) is 0 Å². The Labute approximate surface area is 204 Å². The number of nitrogens with one attached hydrogen (secondary N) is 1. The molecule has 0 atom stereocenters. The molecule has 35 heavy (non-hydrogen) atoms. The number of fused-ring (bicyclic) bond motifs is 1. The second-order valence-corrected chi connectivity index (χ2v) is 10.4. The molecular formula is C24H27N7O3S. The second kappa shape index (κ2) is 9.51. The van der Waals surface area contributed by atoms with E-state index in [1.54, 1.807) is 24.7 Å². The molecule has 1 saturated heterocycles. The molecule has 0 bridgehead atoms. The first-order valence-electron chi connectivity index (χ1n) is 11.3. The van der Waals surface area contributed by atoms with E-state index < -0.39 is 10.0 Å². The summed E-state index contributed by atoms with van der Waals surface area (Å²) in [4.78, 5) is 11.1. The van der Waals surface area contributed by atoms with E-state index >= 15 is 0 Å². The molecule has 0 saturated carbocycles. The number of anilines is 4. The zero-order valence-electron chi connectivity index (χ0n) is 19.6. The highest BCUT2D eigenvalue weighted by molar-refractivity contribution is 7.92. The van der Waals surface area contributed by atoms with Crippen molar-refractivity contribution in [3.05, 3.63) is 66.6 Å². The third-order valence-corrected chi connectivity index (χ3v) is 7.19. The van der Waals surface area contributed by atoms with Gasteiger partial charge in [-0.05, 0) is 30.3 Å². The summed E-state index contributed by atoms with van der Waals surface area (Å²) in [6.07, 6.45) is 6.26. The van der Waals surface area contributed by atoms with Crippen LogP contribution in [-0.4, -0.2) is 67.8 Å². The first-order valence-corrected chi connectivity index (χ1v) is 13.1. The van der Waals surface area contributed by atoms with Crippen molar-refractivity contribution in [2.45, 2.75) is 6.54 Å². The van der Waals surface area contributed by atoms with Gasteiger partial charge in [-0.2, -0.15) is 5.10 Å². The quantitative estimate of drug-likeness (QED) is 0.419. The molecule has 11 heteroatoms. The molecule has 1 fully saturated rings. The summed E-state index contributed by atoms with van der Waals surface area (Å²) in [7, 11) is -1.94. The molecule has 0 spiro atoms. The minimum Gasteiger partial charge on any atom is -0.378 e. The first kappa shape index (κ1) is 23.1. The lowest BCUT2D eigenvalue weighted by molar-refractivity contribution is 0.122. The summed E-state index contributed by atoms with van der Waals surface area (Å²) in [5.74, 6) is 1.07. The number of morpholine rings is 1. The van der Waals surface area contributed by atoms with Crippen LogP contribution in [-0.2, 0) is 21.3 Å². The third-order valence-electron chi connectivity index (χ3n) is 6.03. The van der Waals surface area contributed by atoms with Gasteiger partial charge in [-0.3, -0.25) is 8.99 Å². The number of aromatic nitrogens is 4. The first-order chi connectivity index (χ1) is 16.9. The number of nitrogens with zero attached hydrogens (tertiary/aromatic N) is 6. The fourth-order valence-corrected chi connectivity index (χ4v) is 4.53. The molecular weight excluding hydrogens is 466 g/mol. The van der Waals surface area contributed by atoms with Gasteiger partial charge in [0.2, 0.25) is 10.0 Å². The van der Waals surface area contributed by atoms with Crippen LogP contribution in [0.4, 0.5) is 23.0 Å². The number of hydrogen-bond acceptors (Lipinski definition) is 8. The Morgan fingerprint density at radius 2 is 1.86 bits per heavy atom. The van der Waals surface area contributed by atoms with Crippen molar-refractivity contribution in [2.24, 2.45) is 0 Å². The third kappa shape index (κ3) is 5.05. The Hall–Kier alpha value is -3.70. The maximum absolute atomic E-state index is 12.1. The Morgan fingerprint density at radius 1 is 1.09 bits per heavy atom. The molecule has 10 nitrogen and oxygen atoms in total. The van der Waals surface area contributed by atoms with E-state index in [9.17, 15) is 8.42 Å². The Bertz CT molecular complexity index is 1430. The summed E-state index contributed by atoms with van der Waals surface area (Å²) in [5, 5.41) is 8.75. The van der Waals surface area contributed by atoms with Gasteiger partial charge >= 0.3 is 0 Å². The highest BCUT2D eigenvalue weighted by atomic mass is 32.2. The van der Waals surface area contributed by atoms with Crippen molar-refractivity contribution in [1.82, 2.24) is 19.7 Å². The standard InChI is InChI=1S/C24H27N7O3S/c1-29(35(2,32)33)24-18(4-3-9-25-24)17-31-22-14-23(26-15-19(22)16-27-31)28-20-5-7-21(8-6-20)30-10-12-34-13-11-30/h3-9,14-16H,10-13,17H2,1-2H3,(H,26,28). The highest BCUT2D eigenvalue weighted by Gasteiger charge is 2.18. The van der Waals surface area contributed by atoms with Gasteiger partial charge in [-0.15, -0.1) is 0 Å². The predicted molar refractivity (Wildman–Crippen MR) is 137 cm³/mol. The largest absolute Gasteiger partial charge is 0.378 e. The molecule has 1 aromatic carbocycles. The molecule has 182 valence electrons. The average molecular weight is 494 g/mol. The average Bonchev–Trinajstić information content (AvgIpc) is 3.26. The molecule has 0 aliphatic carbocycles. The van der Waals surface area contributed by atoms with Crippen molar-refractivity contribution < 1.29 is 13.2 Å². The van der Waals surface area contributed by atoms with E-state index in [1.165, 1.54) is 17.0 Å². The van der Waals surface area contributed by atoms with Crippen molar-refractivity contribution >= 4 is 43.9 Å². The van der Waals surface area contributed by atoms with Crippen molar-refractivity contribution in [3.63, 3.8) is 0 Å². The molecule has 0 radical (unpaired) electrons. The molecule has 1 N–H and O–H groups in total. The minimum absolute atomic E-state index is 0.365. The van der Waals surface area contributed by atoms with Crippen LogP contribution in [0.5, 0.6) is 0 Å². The number of hydrogen-bond donors (Lipinski definition) is 1. The summed E-state index contributed by atoms with van der Waals surface area (Å²) < 4.78 is 32.6. The summed E-state index contributed by atoms with van der Waals surface area (Å²) in [6.45, 7) is 3.66. The van der Waals surface area contributed by atoms with Gasteiger partial charge in [-0.1, -0.05) is 6.07 Å². The molecule has 3 aromatic heterocycles. The highest BCUT2D eigenvalue weighted by Crippen LogP contribution is 2.25. The monoisotopic (exact) mass is 493 g/mol. The van der Waals surface area contributed by atoms with E-state index in [1.807, 2.05) is 28.9 Å². The number of pyridine rings is 2. The van der Waals surface area contributed by atoms with Crippen LogP contribution in [0.15, 0.2) is 61.1 Å². The fraction of sp³-hybridized carbons (Fsp3) is 0.292. The second-order valence-electron chi connectivity index (χ2n) is 8.42. The molecule has 1 aliphatic heterocycles. The molecule has 4 heterocycles. The van der Waals surface area contributed by atoms with Gasteiger partial charge in [0.1, 0.15) is 11.6 Å². The Kier molecular flexibility index (Phi) is 6.27. The number of ether oxygens (including phenoxy) is 1. The van der Waals surface area contributed by atoms with Crippen molar-refractivity contribution in [1.29, 1.82) is 0 Å². The van der Waals surface area contributed by atoms with Crippen LogP contribution in [0.25, 0.3) is 10.9 Å². The Balaban J connectivity index is 1.37.